The first-order chi connectivity index (χ1) is 13.2. The van der Waals surface area contributed by atoms with Crippen LogP contribution in [0, 0.1) is 5.82 Å². The number of methoxy groups -OCH3 is 1. The molecule has 2 aromatic carbocycles. The van der Waals surface area contributed by atoms with Crippen LogP contribution in [0.4, 0.5) is 16.0 Å². The summed E-state index contributed by atoms with van der Waals surface area (Å²) >= 11 is 0. The summed E-state index contributed by atoms with van der Waals surface area (Å²) in [5.41, 5.74) is 3.73. The second-order valence-corrected chi connectivity index (χ2v) is 6.57. The summed E-state index contributed by atoms with van der Waals surface area (Å²) in [5, 5.41) is 3.22. The average molecular weight is 364 g/mol. The van der Waals surface area contributed by atoms with Crippen molar-refractivity contribution in [3.63, 3.8) is 0 Å². The number of benzene rings is 2. The van der Waals surface area contributed by atoms with Crippen LogP contribution in [-0.2, 0) is 19.5 Å². The zero-order chi connectivity index (χ0) is 18.6. The molecule has 1 aliphatic rings. The van der Waals surface area contributed by atoms with Crippen molar-refractivity contribution in [2.75, 3.05) is 19.0 Å². The van der Waals surface area contributed by atoms with E-state index in [0.717, 1.165) is 47.8 Å². The van der Waals surface area contributed by atoms with Crippen molar-refractivity contribution < 1.29 is 9.13 Å². The largest absolute Gasteiger partial charge is 0.497 e. The predicted octanol–water partition coefficient (Wildman–Crippen LogP) is 3.93. The van der Waals surface area contributed by atoms with Crippen LogP contribution >= 0.6 is 0 Å². The highest BCUT2D eigenvalue weighted by molar-refractivity contribution is 5.56. The lowest BCUT2D eigenvalue weighted by Crippen LogP contribution is -2.31. The molecule has 0 aliphatic carbocycles. The molecule has 0 spiro atoms. The standard InChI is InChI=1S/C21H21FN4O/c1-27-18-7-4-6-17(11-18)24-21-23-12-16-14-26(10-9-20(16)25-21)13-15-5-2-3-8-19(15)22/h2-8,11-12H,9-10,13-14H2,1H3,(H,23,24,25). The van der Waals surface area contributed by atoms with Gasteiger partial charge in [0.1, 0.15) is 11.6 Å². The molecule has 0 bridgehead atoms. The van der Waals surface area contributed by atoms with Gasteiger partial charge in [0, 0.05) is 55.1 Å². The Hall–Kier alpha value is -2.99. The van der Waals surface area contributed by atoms with Crippen LogP contribution in [0.1, 0.15) is 16.8 Å². The Balaban J connectivity index is 1.45. The van der Waals surface area contributed by atoms with Crippen molar-refractivity contribution in [3.05, 3.63) is 77.4 Å². The van der Waals surface area contributed by atoms with E-state index in [0.29, 0.717) is 12.5 Å². The molecule has 4 rings (SSSR count). The number of rotatable bonds is 5. The second kappa shape index (κ2) is 7.72. The van der Waals surface area contributed by atoms with E-state index >= 15 is 0 Å². The van der Waals surface area contributed by atoms with Crippen molar-refractivity contribution in [1.82, 2.24) is 14.9 Å². The molecular weight excluding hydrogens is 343 g/mol. The third-order valence-corrected chi connectivity index (χ3v) is 4.69. The first-order valence-corrected chi connectivity index (χ1v) is 8.93. The van der Waals surface area contributed by atoms with Gasteiger partial charge in [-0.3, -0.25) is 4.90 Å². The lowest BCUT2D eigenvalue weighted by Gasteiger charge is -2.28. The number of fused-ring (bicyclic) bond motifs is 1. The monoisotopic (exact) mass is 364 g/mol. The van der Waals surface area contributed by atoms with E-state index < -0.39 is 0 Å². The zero-order valence-corrected chi connectivity index (χ0v) is 15.2. The lowest BCUT2D eigenvalue weighted by molar-refractivity contribution is 0.239. The van der Waals surface area contributed by atoms with Gasteiger partial charge in [-0.05, 0) is 18.2 Å². The smallest absolute Gasteiger partial charge is 0.227 e. The van der Waals surface area contributed by atoms with Crippen molar-refractivity contribution in [1.29, 1.82) is 0 Å². The van der Waals surface area contributed by atoms with Crippen molar-refractivity contribution in [2.24, 2.45) is 0 Å². The number of halogens is 1. The number of nitrogens with zero attached hydrogens (tertiary/aromatic N) is 3. The van der Waals surface area contributed by atoms with Gasteiger partial charge in [-0.25, -0.2) is 14.4 Å². The Bertz CT molecular complexity index is 947. The molecular formula is C21H21FN4O. The van der Waals surface area contributed by atoms with E-state index in [1.807, 2.05) is 42.6 Å². The topological polar surface area (TPSA) is 50.3 Å². The van der Waals surface area contributed by atoms with Crippen LogP contribution in [0.3, 0.4) is 0 Å². The minimum atomic E-state index is -0.155. The van der Waals surface area contributed by atoms with Crippen LogP contribution in [-0.4, -0.2) is 28.5 Å². The molecule has 1 N–H and O–H groups in total. The molecule has 138 valence electrons. The summed E-state index contributed by atoms with van der Waals surface area (Å²) in [6, 6.07) is 14.6. The van der Waals surface area contributed by atoms with Gasteiger partial charge in [-0.1, -0.05) is 24.3 Å². The first-order valence-electron chi connectivity index (χ1n) is 8.93. The summed E-state index contributed by atoms with van der Waals surface area (Å²) in [7, 11) is 1.64. The van der Waals surface area contributed by atoms with Gasteiger partial charge in [0.05, 0.1) is 12.8 Å². The highest BCUT2D eigenvalue weighted by Gasteiger charge is 2.19. The molecule has 1 aromatic heterocycles. The maximum atomic E-state index is 13.9. The highest BCUT2D eigenvalue weighted by Crippen LogP contribution is 2.23. The fraction of sp³-hybridized carbons (Fsp3) is 0.238. The minimum Gasteiger partial charge on any atom is -0.497 e. The summed E-state index contributed by atoms with van der Waals surface area (Å²) in [4.78, 5) is 11.3. The predicted molar refractivity (Wildman–Crippen MR) is 103 cm³/mol. The molecule has 2 heterocycles. The fourth-order valence-electron chi connectivity index (χ4n) is 3.27. The molecule has 0 atom stereocenters. The molecule has 3 aromatic rings. The number of hydrogen-bond acceptors (Lipinski definition) is 5. The van der Waals surface area contributed by atoms with Crippen molar-refractivity contribution >= 4 is 11.6 Å². The van der Waals surface area contributed by atoms with Crippen LogP contribution < -0.4 is 10.1 Å². The summed E-state index contributed by atoms with van der Waals surface area (Å²) in [6.45, 7) is 2.16. The summed E-state index contributed by atoms with van der Waals surface area (Å²) in [6.07, 6.45) is 2.68. The maximum Gasteiger partial charge on any atom is 0.227 e. The van der Waals surface area contributed by atoms with Gasteiger partial charge >= 0.3 is 0 Å². The first kappa shape index (κ1) is 17.4. The van der Waals surface area contributed by atoms with Gasteiger partial charge in [-0.2, -0.15) is 0 Å². The van der Waals surface area contributed by atoms with Crippen LogP contribution in [0.25, 0.3) is 0 Å². The SMILES string of the molecule is COc1cccc(Nc2ncc3c(n2)CCN(Cc2ccccc2F)C3)c1. The van der Waals surface area contributed by atoms with Gasteiger partial charge < -0.3 is 10.1 Å². The minimum absolute atomic E-state index is 0.155. The quantitative estimate of drug-likeness (QED) is 0.743. The normalized spacial score (nSPS) is 13.9. The molecule has 0 fully saturated rings. The summed E-state index contributed by atoms with van der Waals surface area (Å²) in [5.74, 6) is 1.20. The number of hydrogen-bond donors (Lipinski definition) is 1. The Morgan fingerprint density at radius 3 is 2.93 bits per heavy atom. The van der Waals surface area contributed by atoms with Crippen LogP contribution in [0.5, 0.6) is 5.75 Å². The number of anilines is 2. The molecule has 1 aliphatic heterocycles. The van der Waals surface area contributed by atoms with E-state index in [4.69, 9.17) is 4.74 Å². The number of aromatic nitrogens is 2. The Kier molecular flexibility index (Phi) is 4.98. The third-order valence-electron chi connectivity index (χ3n) is 4.69. The Morgan fingerprint density at radius 2 is 2.07 bits per heavy atom. The second-order valence-electron chi connectivity index (χ2n) is 6.57. The van der Waals surface area contributed by atoms with E-state index in [-0.39, 0.29) is 5.82 Å². The molecule has 6 heteroatoms. The number of ether oxygens (including phenoxy) is 1. The molecule has 0 unspecified atom stereocenters. The lowest BCUT2D eigenvalue weighted by atomic mass is 10.1. The fourth-order valence-corrected chi connectivity index (χ4v) is 3.27. The Labute approximate surface area is 157 Å². The van der Waals surface area contributed by atoms with Gasteiger partial charge in [0.15, 0.2) is 0 Å². The van der Waals surface area contributed by atoms with E-state index in [2.05, 4.69) is 20.2 Å². The van der Waals surface area contributed by atoms with Gasteiger partial charge in [-0.15, -0.1) is 0 Å². The summed E-state index contributed by atoms with van der Waals surface area (Å²) < 4.78 is 19.1. The Morgan fingerprint density at radius 1 is 1.19 bits per heavy atom. The zero-order valence-electron chi connectivity index (χ0n) is 15.2. The third kappa shape index (κ3) is 4.06. The molecule has 27 heavy (non-hydrogen) atoms. The highest BCUT2D eigenvalue weighted by atomic mass is 19.1. The molecule has 0 radical (unpaired) electrons. The molecule has 0 amide bonds. The van der Waals surface area contributed by atoms with E-state index in [1.165, 1.54) is 6.07 Å². The van der Waals surface area contributed by atoms with Gasteiger partial charge in [0.25, 0.3) is 0 Å². The van der Waals surface area contributed by atoms with Crippen LogP contribution in [0.2, 0.25) is 0 Å². The molecule has 0 saturated carbocycles. The van der Waals surface area contributed by atoms with Crippen molar-refractivity contribution in [3.8, 4) is 5.75 Å². The van der Waals surface area contributed by atoms with E-state index in [9.17, 15) is 4.39 Å². The molecule has 0 saturated heterocycles. The van der Waals surface area contributed by atoms with Crippen LogP contribution in [0.15, 0.2) is 54.7 Å². The molecule has 5 nitrogen and oxygen atoms in total. The maximum absolute atomic E-state index is 13.9. The van der Waals surface area contributed by atoms with E-state index in [1.54, 1.807) is 13.2 Å². The van der Waals surface area contributed by atoms with Gasteiger partial charge in [0.2, 0.25) is 5.95 Å². The average Bonchev–Trinajstić information content (AvgIpc) is 2.70. The van der Waals surface area contributed by atoms with Crippen molar-refractivity contribution in [2.45, 2.75) is 19.5 Å². The number of nitrogens with one attached hydrogen (secondary N) is 1.